The topological polar surface area (TPSA) is 136 Å². The molecule has 35 heavy (non-hydrogen) atoms. The van der Waals surface area contributed by atoms with E-state index in [1.165, 1.54) is 6.20 Å². The maximum atomic E-state index is 12.7. The van der Waals surface area contributed by atoms with Crippen molar-refractivity contribution in [2.45, 2.75) is 11.5 Å². The van der Waals surface area contributed by atoms with E-state index in [0.717, 1.165) is 35.4 Å². The van der Waals surface area contributed by atoms with Crippen LogP contribution in [0.15, 0.2) is 77.8 Å². The molecule has 0 unspecified atom stereocenters. The summed E-state index contributed by atoms with van der Waals surface area (Å²) >= 11 is 0. The first-order valence-electron chi connectivity index (χ1n) is 10.2. The minimum absolute atomic E-state index is 0.0118. The fourth-order valence-electron chi connectivity index (χ4n) is 3.19. The van der Waals surface area contributed by atoms with Crippen LogP contribution >= 0.6 is 0 Å². The third-order valence-corrected chi connectivity index (χ3v) is 6.58. The molecule has 1 heterocycles. The minimum atomic E-state index is -4.05. The number of nitro groups is 1. The molecule has 0 spiro atoms. The van der Waals surface area contributed by atoms with Crippen LogP contribution < -0.4 is 14.2 Å². The average molecular weight is 497 g/mol. The number of non-ortho nitro benzene ring substituents is 1. The van der Waals surface area contributed by atoms with Crippen molar-refractivity contribution >= 4 is 15.7 Å². The molecular formula is C23H20N4O7S. The van der Waals surface area contributed by atoms with Crippen LogP contribution in [0.5, 0.6) is 17.2 Å². The van der Waals surface area contributed by atoms with Crippen molar-refractivity contribution in [3.8, 4) is 28.4 Å². The van der Waals surface area contributed by atoms with E-state index >= 15 is 0 Å². The van der Waals surface area contributed by atoms with Crippen LogP contribution in [0.4, 0.5) is 5.69 Å². The Hall–Kier alpha value is -4.45. The quantitative estimate of drug-likeness (QED) is 0.251. The van der Waals surface area contributed by atoms with Gasteiger partial charge in [0.1, 0.15) is 29.5 Å². The second-order valence-electron chi connectivity index (χ2n) is 7.25. The number of nitro benzene ring substituents is 1. The lowest BCUT2D eigenvalue weighted by molar-refractivity contribution is -0.384. The van der Waals surface area contributed by atoms with Gasteiger partial charge in [-0.2, -0.15) is 8.42 Å². The summed E-state index contributed by atoms with van der Waals surface area (Å²) in [6.07, 6.45) is 1.23. The maximum Gasteiger partial charge on any atom is 0.284 e. The van der Waals surface area contributed by atoms with Gasteiger partial charge in [0, 0.05) is 18.2 Å². The summed E-state index contributed by atoms with van der Waals surface area (Å²) in [4.78, 5) is 10.0. The van der Waals surface area contributed by atoms with Crippen molar-refractivity contribution in [3.05, 3.63) is 88.7 Å². The summed E-state index contributed by atoms with van der Waals surface area (Å²) in [5.41, 5.74) is 1.91. The first-order valence-corrected chi connectivity index (χ1v) is 11.6. The van der Waals surface area contributed by atoms with Gasteiger partial charge in [-0.25, -0.2) is 0 Å². The summed E-state index contributed by atoms with van der Waals surface area (Å²) < 4.78 is 42.4. The van der Waals surface area contributed by atoms with Crippen molar-refractivity contribution in [1.29, 1.82) is 0 Å². The normalized spacial score (nSPS) is 11.1. The molecule has 11 nitrogen and oxygen atoms in total. The molecule has 0 aliphatic carbocycles. The van der Waals surface area contributed by atoms with E-state index in [9.17, 15) is 18.5 Å². The first-order chi connectivity index (χ1) is 16.8. The van der Waals surface area contributed by atoms with Crippen LogP contribution in [-0.4, -0.2) is 42.0 Å². The van der Waals surface area contributed by atoms with Gasteiger partial charge >= 0.3 is 0 Å². The number of rotatable bonds is 9. The molecule has 0 radical (unpaired) electrons. The third kappa shape index (κ3) is 5.22. The summed E-state index contributed by atoms with van der Waals surface area (Å²) in [6, 6.07) is 17.4. The van der Waals surface area contributed by atoms with E-state index in [2.05, 4.69) is 10.3 Å². The lowest BCUT2D eigenvalue weighted by Gasteiger charge is -2.10. The Balaban J connectivity index is 1.44. The molecule has 0 N–H and O–H groups in total. The zero-order valence-corrected chi connectivity index (χ0v) is 19.5. The van der Waals surface area contributed by atoms with Gasteiger partial charge in [0.2, 0.25) is 0 Å². The molecule has 0 saturated carbocycles. The highest BCUT2D eigenvalue weighted by molar-refractivity contribution is 7.89. The fraction of sp³-hybridized carbons (Fsp3) is 0.130. The summed E-state index contributed by atoms with van der Waals surface area (Å²) in [6.45, 7) is -0.0118. The van der Waals surface area contributed by atoms with Crippen LogP contribution in [0.2, 0.25) is 0 Å². The van der Waals surface area contributed by atoms with Gasteiger partial charge in [-0.3, -0.25) is 10.1 Å². The largest absolute Gasteiger partial charge is 0.497 e. The summed E-state index contributed by atoms with van der Waals surface area (Å²) in [7, 11) is -0.875. The van der Waals surface area contributed by atoms with Gasteiger partial charge in [-0.05, 0) is 47.5 Å². The SMILES string of the molecule is COc1cc(OC)cc(-c2ccc(OCc3cn(S(=O)(=O)c4ccc([N+](=O)[O-])cc4)nn3)cc2)c1. The summed E-state index contributed by atoms with van der Waals surface area (Å²) in [5, 5.41) is 18.3. The Morgan fingerprint density at radius 3 is 2.09 bits per heavy atom. The van der Waals surface area contributed by atoms with Gasteiger partial charge in [-0.15, -0.1) is 9.19 Å². The summed E-state index contributed by atoms with van der Waals surface area (Å²) in [5.74, 6) is 1.90. The van der Waals surface area contributed by atoms with E-state index in [0.29, 0.717) is 21.3 Å². The second kappa shape index (κ2) is 9.81. The number of ether oxygens (including phenoxy) is 3. The standard InChI is InChI=1S/C23H20N4O7S/c1-32-21-11-17(12-22(13-21)33-2)16-3-7-20(8-4-16)34-15-18-14-26(25-24-18)35(30,31)23-9-5-19(6-10-23)27(28)29/h3-14H,15H2,1-2H3. The number of benzene rings is 3. The number of hydrogen-bond acceptors (Lipinski definition) is 9. The number of methoxy groups -OCH3 is 2. The first kappa shape index (κ1) is 23.7. The predicted octanol–water partition coefficient (Wildman–Crippen LogP) is 3.69. The Bertz CT molecular complexity index is 1430. The average Bonchev–Trinajstić information content (AvgIpc) is 3.37. The van der Waals surface area contributed by atoms with Crippen LogP contribution in [0.25, 0.3) is 11.1 Å². The van der Waals surface area contributed by atoms with Crippen molar-refractivity contribution in [1.82, 2.24) is 14.4 Å². The predicted molar refractivity (Wildman–Crippen MR) is 125 cm³/mol. The molecule has 0 atom stereocenters. The monoisotopic (exact) mass is 496 g/mol. The molecule has 0 aliphatic rings. The zero-order valence-electron chi connectivity index (χ0n) is 18.7. The second-order valence-corrected chi connectivity index (χ2v) is 9.05. The van der Waals surface area contributed by atoms with Crippen LogP contribution in [0.3, 0.4) is 0 Å². The number of aromatic nitrogens is 3. The van der Waals surface area contributed by atoms with Crippen molar-refractivity contribution in [2.75, 3.05) is 14.2 Å². The van der Waals surface area contributed by atoms with E-state index in [1.54, 1.807) is 32.4 Å². The molecule has 0 fully saturated rings. The van der Waals surface area contributed by atoms with E-state index in [1.807, 2.05) is 24.3 Å². The molecule has 0 saturated heterocycles. The Morgan fingerprint density at radius 1 is 0.886 bits per heavy atom. The molecule has 4 aromatic rings. The number of nitrogens with zero attached hydrogens (tertiary/aromatic N) is 4. The minimum Gasteiger partial charge on any atom is -0.497 e. The highest BCUT2D eigenvalue weighted by Crippen LogP contribution is 2.30. The molecule has 0 aliphatic heterocycles. The number of hydrogen-bond donors (Lipinski definition) is 0. The molecular weight excluding hydrogens is 476 g/mol. The van der Waals surface area contributed by atoms with Gasteiger partial charge in [0.05, 0.1) is 30.2 Å². The van der Waals surface area contributed by atoms with E-state index < -0.39 is 14.9 Å². The van der Waals surface area contributed by atoms with Crippen molar-refractivity contribution < 1.29 is 27.6 Å². The van der Waals surface area contributed by atoms with Crippen LogP contribution in [-0.2, 0) is 16.6 Å². The van der Waals surface area contributed by atoms with Gasteiger partial charge in [0.25, 0.3) is 15.7 Å². The highest BCUT2D eigenvalue weighted by Gasteiger charge is 2.20. The molecule has 12 heteroatoms. The van der Waals surface area contributed by atoms with Crippen LogP contribution in [0.1, 0.15) is 5.69 Å². The van der Waals surface area contributed by atoms with Gasteiger partial charge in [0.15, 0.2) is 0 Å². The smallest absolute Gasteiger partial charge is 0.284 e. The Labute approximate surface area is 200 Å². The van der Waals surface area contributed by atoms with Crippen molar-refractivity contribution in [2.24, 2.45) is 0 Å². The molecule has 0 amide bonds. The molecule has 1 aromatic heterocycles. The van der Waals surface area contributed by atoms with E-state index in [-0.39, 0.29) is 22.9 Å². The Morgan fingerprint density at radius 2 is 1.51 bits per heavy atom. The Kier molecular flexibility index (Phi) is 6.64. The maximum absolute atomic E-state index is 12.7. The molecule has 0 bridgehead atoms. The fourth-order valence-corrected chi connectivity index (χ4v) is 4.28. The van der Waals surface area contributed by atoms with Crippen LogP contribution in [0, 0.1) is 10.1 Å². The highest BCUT2D eigenvalue weighted by atomic mass is 32.2. The lowest BCUT2D eigenvalue weighted by Crippen LogP contribution is -2.13. The van der Waals surface area contributed by atoms with E-state index in [4.69, 9.17) is 14.2 Å². The third-order valence-electron chi connectivity index (χ3n) is 5.04. The zero-order chi connectivity index (χ0) is 25.0. The van der Waals surface area contributed by atoms with Gasteiger partial charge in [-0.1, -0.05) is 17.3 Å². The molecule has 3 aromatic carbocycles. The van der Waals surface area contributed by atoms with Gasteiger partial charge < -0.3 is 14.2 Å². The molecule has 4 rings (SSSR count). The van der Waals surface area contributed by atoms with Crippen molar-refractivity contribution in [3.63, 3.8) is 0 Å². The lowest BCUT2D eigenvalue weighted by atomic mass is 10.0. The molecule has 180 valence electrons.